The number of halogens is 1. The molecule has 0 amide bonds. The highest BCUT2D eigenvalue weighted by Crippen LogP contribution is 2.07. The molecule has 1 aromatic heterocycles. The monoisotopic (exact) mass is 215 g/mol. The molecule has 0 aliphatic heterocycles. The molecule has 0 radical (unpaired) electrons. The van der Waals surface area contributed by atoms with Crippen molar-refractivity contribution in [1.29, 1.82) is 0 Å². The third-order valence-electron chi connectivity index (χ3n) is 1.31. The summed E-state index contributed by atoms with van der Waals surface area (Å²) in [6.45, 7) is 0.759. The fourth-order valence-corrected chi connectivity index (χ4v) is 0.989. The third-order valence-corrected chi connectivity index (χ3v) is 1.78. The van der Waals surface area contributed by atoms with Crippen LogP contribution in [0.5, 0.6) is 0 Å². The van der Waals surface area contributed by atoms with E-state index in [-0.39, 0.29) is 0 Å². The second-order valence-corrected chi connectivity index (χ2v) is 3.09. The van der Waals surface area contributed by atoms with E-state index in [0.29, 0.717) is 0 Å². The first-order valence-corrected chi connectivity index (χ1v) is 4.16. The summed E-state index contributed by atoms with van der Waals surface area (Å²) in [5, 5.41) is 0. The van der Waals surface area contributed by atoms with Crippen molar-refractivity contribution >= 4 is 15.9 Å². The van der Waals surface area contributed by atoms with Crippen molar-refractivity contribution in [1.82, 2.24) is 10.4 Å². The minimum Gasteiger partial charge on any atom is -0.271 e. The minimum atomic E-state index is 0.759. The van der Waals surface area contributed by atoms with Crippen LogP contribution in [0.1, 0.15) is 5.69 Å². The van der Waals surface area contributed by atoms with Gasteiger partial charge >= 0.3 is 0 Å². The number of nitrogens with one attached hydrogen (secondary N) is 1. The van der Waals surface area contributed by atoms with Gasteiger partial charge in [-0.1, -0.05) is 0 Å². The average molecular weight is 216 g/mol. The van der Waals surface area contributed by atoms with Crippen LogP contribution in [0.15, 0.2) is 22.8 Å². The molecule has 1 heterocycles. The summed E-state index contributed by atoms with van der Waals surface area (Å²) < 4.78 is 1.00. The Balaban J connectivity index is 2.52. The normalized spacial score (nSPS) is 10.0. The largest absolute Gasteiger partial charge is 0.271 e. The molecule has 1 rings (SSSR count). The van der Waals surface area contributed by atoms with Gasteiger partial charge in [-0.25, -0.2) is 0 Å². The number of hydrogen-bond acceptors (Lipinski definition) is 3. The number of nitrogens with two attached hydrogens (primary N) is 1. The van der Waals surface area contributed by atoms with E-state index in [1.54, 1.807) is 6.20 Å². The number of nitrogens with zero attached hydrogens (tertiary/aromatic N) is 1. The molecule has 0 fully saturated rings. The zero-order valence-corrected chi connectivity index (χ0v) is 7.63. The maximum absolute atomic E-state index is 5.12. The van der Waals surface area contributed by atoms with Crippen LogP contribution in [0.3, 0.4) is 0 Å². The summed E-state index contributed by atoms with van der Waals surface area (Å²) in [6.07, 6.45) is 2.65. The summed E-state index contributed by atoms with van der Waals surface area (Å²) >= 11 is 3.31. The van der Waals surface area contributed by atoms with Gasteiger partial charge < -0.3 is 0 Å². The highest BCUT2D eigenvalue weighted by atomic mass is 79.9. The Kier molecular flexibility index (Phi) is 3.48. The number of rotatable bonds is 3. The molecule has 3 N–H and O–H groups in total. The van der Waals surface area contributed by atoms with Gasteiger partial charge in [0, 0.05) is 29.3 Å². The first-order valence-electron chi connectivity index (χ1n) is 3.37. The van der Waals surface area contributed by atoms with Gasteiger partial charge in [-0.15, -0.1) is 0 Å². The first-order chi connectivity index (χ1) is 5.33. The second-order valence-electron chi connectivity index (χ2n) is 2.17. The van der Waals surface area contributed by atoms with Crippen LogP contribution in [0.4, 0.5) is 0 Å². The molecule has 60 valence electrons. The van der Waals surface area contributed by atoms with E-state index >= 15 is 0 Å². The Labute approximate surface area is 74.1 Å². The Hall–Kier alpha value is -0.450. The highest BCUT2D eigenvalue weighted by Gasteiger charge is 1.92. The molecule has 0 saturated heterocycles. The molecule has 0 aliphatic carbocycles. The zero-order valence-electron chi connectivity index (χ0n) is 6.05. The predicted molar refractivity (Wildman–Crippen MR) is 47.8 cm³/mol. The summed E-state index contributed by atoms with van der Waals surface area (Å²) in [6, 6.07) is 3.94. The third kappa shape index (κ3) is 2.96. The van der Waals surface area contributed by atoms with Crippen molar-refractivity contribution in [2.75, 3.05) is 6.54 Å². The van der Waals surface area contributed by atoms with E-state index in [4.69, 9.17) is 5.84 Å². The summed E-state index contributed by atoms with van der Waals surface area (Å²) in [4.78, 5) is 4.17. The van der Waals surface area contributed by atoms with Gasteiger partial charge in [-0.2, -0.15) is 0 Å². The lowest BCUT2D eigenvalue weighted by Crippen LogP contribution is -2.24. The topological polar surface area (TPSA) is 50.9 Å². The molecule has 0 unspecified atom stereocenters. The van der Waals surface area contributed by atoms with Gasteiger partial charge in [0.1, 0.15) is 0 Å². The van der Waals surface area contributed by atoms with Crippen LogP contribution in [-0.4, -0.2) is 11.5 Å². The van der Waals surface area contributed by atoms with Gasteiger partial charge in [0.25, 0.3) is 0 Å². The molecular weight excluding hydrogens is 206 g/mol. The van der Waals surface area contributed by atoms with E-state index in [1.807, 2.05) is 12.1 Å². The molecule has 0 spiro atoms. The lowest BCUT2D eigenvalue weighted by atomic mass is 10.3. The Morgan fingerprint density at radius 3 is 2.91 bits per heavy atom. The van der Waals surface area contributed by atoms with Crippen molar-refractivity contribution in [3.05, 3.63) is 28.5 Å². The maximum atomic E-state index is 5.12. The number of pyridine rings is 1. The fraction of sp³-hybridized carbons (Fsp3) is 0.286. The molecule has 1 aromatic rings. The van der Waals surface area contributed by atoms with Gasteiger partial charge in [0.05, 0.1) is 0 Å². The maximum Gasteiger partial charge on any atom is 0.0417 e. The van der Waals surface area contributed by atoms with E-state index in [1.165, 1.54) is 0 Å². The SMILES string of the molecule is NNCCc1ccc(Br)cn1. The van der Waals surface area contributed by atoms with Gasteiger partial charge in [-0.3, -0.25) is 16.3 Å². The highest BCUT2D eigenvalue weighted by molar-refractivity contribution is 9.10. The van der Waals surface area contributed by atoms with Crippen molar-refractivity contribution < 1.29 is 0 Å². The summed E-state index contributed by atoms with van der Waals surface area (Å²) in [7, 11) is 0. The summed E-state index contributed by atoms with van der Waals surface area (Å²) in [5.41, 5.74) is 3.63. The van der Waals surface area contributed by atoms with E-state index in [2.05, 4.69) is 26.3 Å². The van der Waals surface area contributed by atoms with Gasteiger partial charge in [0.15, 0.2) is 0 Å². The van der Waals surface area contributed by atoms with Crippen molar-refractivity contribution in [2.24, 2.45) is 5.84 Å². The molecule has 11 heavy (non-hydrogen) atoms. The average Bonchev–Trinajstić information content (AvgIpc) is 2.04. The van der Waals surface area contributed by atoms with Crippen molar-refractivity contribution in [2.45, 2.75) is 6.42 Å². The van der Waals surface area contributed by atoms with Crippen LogP contribution in [0.25, 0.3) is 0 Å². The molecule has 0 aromatic carbocycles. The van der Waals surface area contributed by atoms with Crippen LogP contribution < -0.4 is 11.3 Å². The van der Waals surface area contributed by atoms with Crippen molar-refractivity contribution in [3.8, 4) is 0 Å². The molecule has 4 heteroatoms. The molecule has 0 aliphatic rings. The van der Waals surface area contributed by atoms with Crippen LogP contribution in [0.2, 0.25) is 0 Å². The van der Waals surface area contributed by atoms with Gasteiger partial charge in [0.2, 0.25) is 0 Å². The standard InChI is InChI=1S/C7H10BrN3/c8-6-1-2-7(10-5-6)3-4-11-9/h1-2,5,11H,3-4,9H2. The Morgan fingerprint density at radius 1 is 1.55 bits per heavy atom. The fourth-order valence-electron chi connectivity index (χ4n) is 0.755. The lowest BCUT2D eigenvalue weighted by Gasteiger charge is -1.98. The molecular formula is C7H10BrN3. The number of hydrazine groups is 1. The van der Waals surface area contributed by atoms with E-state index < -0.39 is 0 Å². The Bertz CT molecular complexity index is 209. The molecule has 0 saturated carbocycles. The van der Waals surface area contributed by atoms with Crippen molar-refractivity contribution in [3.63, 3.8) is 0 Å². The van der Waals surface area contributed by atoms with Crippen LogP contribution >= 0.6 is 15.9 Å². The van der Waals surface area contributed by atoms with E-state index in [9.17, 15) is 0 Å². The van der Waals surface area contributed by atoms with Gasteiger partial charge in [-0.05, 0) is 28.1 Å². The number of aromatic nitrogens is 1. The molecule has 0 atom stereocenters. The summed E-state index contributed by atoms with van der Waals surface area (Å²) in [5.74, 6) is 5.12. The zero-order chi connectivity index (χ0) is 8.10. The lowest BCUT2D eigenvalue weighted by molar-refractivity contribution is 0.718. The second kappa shape index (κ2) is 4.43. The number of hydrogen-bond donors (Lipinski definition) is 2. The quantitative estimate of drug-likeness (QED) is 0.581. The first kappa shape index (κ1) is 8.64. The predicted octanol–water partition coefficient (Wildman–Crippen LogP) is 0.850. The smallest absolute Gasteiger partial charge is 0.0417 e. The van der Waals surface area contributed by atoms with Crippen LogP contribution in [-0.2, 0) is 6.42 Å². The molecule has 0 bridgehead atoms. The Morgan fingerprint density at radius 2 is 2.36 bits per heavy atom. The van der Waals surface area contributed by atoms with Crippen LogP contribution in [0, 0.1) is 0 Å². The molecule has 3 nitrogen and oxygen atoms in total. The van der Waals surface area contributed by atoms with E-state index in [0.717, 1.165) is 23.1 Å². The minimum absolute atomic E-state index is 0.759.